The topological polar surface area (TPSA) is 20.2 Å². The lowest BCUT2D eigenvalue weighted by Gasteiger charge is -2.20. The number of aliphatic hydroxyl groups is 1. The van der Waals surface area contributed by atoms with Crippen LogP contribution < -0.4 is 12.4 Å². The Labute approximate surface area is 128 Å². The van der Waals surface area contributed by atoms with E-state index in [1.165, 1.54) is 70.4 Å². The molecule has 0 aliphatic rings. The molecule has 1 atom stereocenters. The molecule has 118 valence electrons. The van der Waals surface area contributed by atoms with Gasteiger partial charge in [0, 0.05) is 7.26 Å². The Morgan fingerprint density at radius 3 is 1.53 bits per heavy atom. The minimum absolute atomic E-state index is 0. The first-order chi connectivity index (χ1) is 8.50. The normalized spacial score (nSPS) is 13.1. The molecule has 1 N–H and O–H groups in total. The van der Waals surface area contributed by atoms with Crippen molar-refractivity contribution in [2.24, 2.45) is 0 Å². The summed E-state index contributed by atoms with van der Waals surface area (Å²) in [6.45, 7) is 8.80. The molecule has 19 heavy (non-hydrogen) atoms. The van der Waals surface area contributed by atoms with E-state index in [0.717, 1.165) is 0 Å². The number of hydrogen-bond acceptors (Lipinski definition) is 1. The Morgan fingerprint density at radius 2 is 1.16 bits per heavy atom. The fourth-order valence-electron chi connectivity index (χ4n) is 2.19. The second-order valence-electron chi connectivity index (χ2n) is 6.32. The van der Waals surface area contributed by atoms with Crippen LogP contribution in [0.1, 0.15) is 78.1 Å². The van der Waals surface area contributed by atoms with E-state index in [4.69, 9.17) is 0 Å². The zero-order chi connectivity index (χ0) is 13.9. The van der Waals surface area contributed by atoms with Crippen molar-refractivity contribution in [1.29, 1.82) is 0 Å². The van der Waals surface area contributed by atoms with Gasteiger partial charge in [0.2, 0.25) is 0 Å². The molecule has 0 aliphatic carbocycles. The van der Waals surface area contributed by atoms with Gasteiger partial charge in [-0.25, -0.2) is 0 Å². The third kappa shape index (κ3) is 13.4. The second kappa shape index (κ2) is 13.7. The van der Waals surface area contributed by atoms with Gasteiger partial charge in [-0.15, -0.1) is 0 Å². The maximum atomic E-state index is 9.67. The predicted molar refractivity (Wildman–Crippen MR) is 87.2 cm³/mol. The minimum atomic E-state index is -1.03. The van der Waals surface area contributed by atoms with Crippen molar-refractivity contribution in [3.63, 3.8) is 0 Å². The van der Waals surface area contributed by atoms with Crippen LogP contribution in [0.5, 0.6) is 0 Å². The van der Waals surface area contributed by atoms with Gasteiger partial charge < -0.3 is 17.5 Å². The molecule has 0 saturated carbocycles. The third-order valence-electron chi connectivity index (χ3n) is 4.10. The average molecular weight is 311 g/mol. The lowest BCUT2D eigenvalue weighted by atomic mass is 10.1. The summed E-state index contributed by atoms with van der Waals surface area (Å²) >= 11 is 0. The van der Waals surface area contributed by atoms with Gasteiger partial charge in [0.25, 0.3) is 0 Å². The van der Waals surface area contributed by atoms with E-state index < -0.39 is 7.26 Å². The summed E-state index contributed by atoms with van der Waals surface area (Å²) in [6, 6.07) is 0. The summed E-state index contributed by atoms with van der Waals surface area (Å²) in [5.41, 5.74) is 0. The molecule has 0 aliphatic heterocycles. The zero-order valence-corrected chi connectivity index (χ0v) is 15.3. The monoisotopic (exact) mass is 310 g/mol. The Hall–Kier alpha value is 0.680. The molecule has 0 rings (SSSR count). The van der Waals surface area contributed by atoms with Gasteiger partial charge in [-0.2, -0.15) is 0 Å². The van der Waals surface area contributed by atoms with Crippen molar-refractivity contribution in [3.05, 3.63) is 0 Å². The lowest BCUT2D eigenvalue weighted by Crippen LogP contribution is -3.00. The first kappa shape index (κ1) is 22.0. The van der Waals surface area contributed by atoms with E-state index in [9.17, 15) is 5.11 Å². The van der Waals surface area contributed by atoms with Gasteiger partial charge in [0.15, 0.2) is 5.85 Å². The van der Waals surface area contributed by atoms with Crippen molar-refractivity contribution in [3.8, 4) is 0 Å². The summed E-state index contributed by atoms with van der Waals surface area (Å²) in [5, 5.41) is 9.67. The number of unbranched alkanes of at least 4 members (excludes halogenated alkanes) is 9. The largest absolute Gasteiger partial charge is 1.00 e. The Balaban J connectivity index is 0. The van der Waals surface area contributed by atoms with Gasteiger partial charge in [0.1, 0.15) is 0 Å². The fourth-order valence-corrected chi connectivity index (χ4v) is 3.61. The van der Waals surface area contributed by atoms with E-state index >= 15 is 0 Å². The first-order valence-electron chi connectivity index (χ1n) is 8.01. The number of rotatable bonds is 12. The van der Waals surface area contributed by atoms with Crippen LogP contribution in [0.4, 0.5) is 0 Å². The van der Waals surface area contributed by atoms with Crippen LogP contribution in [0.25, 0.3) is 0 Å². The van der Waals surface area contributed by atoms with Crippen molar-refractivity contribution in [2.75, 3.05) is 19.5 Å². The van der Waals surface area contributed by atoms with Crippen LogP contribution in [0, 0.1) is 0 Å². The Bertz CT molecular complexity index is 184. The average Bonchev–Trinajstić information content (AvgIpc) is 2.31. The highest BCUT2D eigenvalue weighted by molar-refractivity contribution is 7.74. The molecule has 0 aromatic carbocycles. The van der Waals surface area contributed by atoms with E-state index in [1.807, 2.05) is 6.92 Å². The molecule has 0 radical (unpaired) electrons. The van der Waals surface area contributed by atoms with E-state index in [-0.39, 0.29) is 18.3 Å². The summed E-state index contributed by atoms with van der Waals surface area (Å²) in [7, 11) is -1.03. The quantitative estimate of drug-likeness (QED) is 0.434. The molecule has 0 heterocycles. The lowest BCUT2D eigenvalue weighted by molar-refractivity contribution is -0.00000549. The van der Waals surface area contributed by atoms with Crippen LogP contribution in [0.2, 0.25) is 0 Å². The van der Waals surface area contributed by atoms with Gasteiger partial charge in [-0.05, 0) is 19.8 Å². The summed E-state index contributed by atoms with van der Waals surface area (Å²) < 4.78 is 0. The molecule has 0 aromatic rings. The second-order valence-corrected chi connectivity index (χ2v) is 11.1. The number of halogens is 1. The molecule has 1 nitrogen and oxygen atoms in total. The zero-order valence-electron chi connectivity index (χ0n) is 13.6. The minimum Gasteiger partial charge on any atom is -1.00 e. The van der Waals surface area contributed by atoms with Crippen molar-refractivity contribution in [1.82, 2.24) is 0 Å². The van der Waals surface area contributed by atoms with Crippen LogP contribution in [-0.2, 0) is 0 Å². The van der Waals surface area contributed by atoms with Crippen molar-refractivity contribution in [2.45, 2.75) is 83.9 Å². The van der Waals surface area contributed by atoms with E-state index in [2.05, 4.69) is 20.3 Å². The maximum absolute atomic E-state index is 9.67. The molecule has 0 fully saturated rings. The highest BCUT2D eigenvalue weighted by atomic mass is 35.5. The molecule has 0 aromatic heterocycles. The highest BCUT2D eigenvalue weighted by Crippen LogP contribution is 2.55. The standard InChI is InChI=1S/C16H36OP.ClH/c1-5-6-7-8-9-10-11-12-13-14-15-18(3,4)16(2)17;/h16-17H,5-15H2,1-4H3;1H/q+1;/p-1. The molecule has 0 bridgehead atoms. The first-order valence-corrected chi connectivity index (χ1v) is 10.9. The highest BCUT2D eigenvalue weighted by Gasteiger charge is 2.30. The summed E-state index contributed by atoms with van der Waals surface area (Å²) in [5.74, 6) is -0.0731. The third-order valence-corrected chi connectivity index (χ3v) is 7.59. The summed E-state index contributed by atoms with van der Waals surface area (Å²) in [6.07, 6.45) is 15.3. The Morgan fingerprint density at radius 1 is 0.789 bits per heavy atom. The maximum Gasteiger partial charge on any atom is 0.160 e. The molecular formula is C16H36ClOP. The fraction of sp³-hybridized carbons (Fsp3) is 1.00. The molecule has 3 heteroatoms. The predicted octanol–water partition coefficient (Wildman–Crippen LogP) is 2.53. The van der Waals surface area contributed by atoms with Gasteiger partial charge in [-0.1, -0.05) is 58.3 Å². The van der Waals surface area contributed by atoms with E-state index in [1.54, 1.807) is 0 Å². The molecule has 0 spiro atoms. The molecule has 1 unspecified atom stereocenters. The van der Waals surface area contributed by atoms with Crippen LogP contribution in [0.15, 0.2) is 0 Å². The molecular weight excluding hydrogens is 275 g/mol. The van der Waals surface area contributed by atoms with Crippen LogP contribution >= 0.6 is 7.26 Å². The number of aliphatic hydroxyl groups excluding tert-OH is 1. The SMILES string of the molecule is CCCCCCCCCCCC[P+](C)(C)C(C)O.[Cl-]. The number of hydrogen-bond donors (Lipinski definition) is 1. The van der Waals surface area contributed by atoms with Crippen molar-refractivity contribution >= 4 is 7.26 Å². The Kier molecular flexibility index (Phi) is 15.8. The summed E-state index contributed by atoms with van der Waals surface area (Å²) in [4.78, 5) is 0. The van der Waals surface area contributed by atoms with Gasteiger partial charge >= 0.3 is 0 Å². The van der Waals surface area contributed by atoms with Crippen LogP contribution in [0.3, 0.4) is 0 Å². The molecule has 0 saturated heterocycles. The van der Waals surface area contributed by atoms with Crippen LogP contribution in [-0.4, -0.2) is 30.4 Å². The molecule has 0 amide bonds. The van der Waals surface area contributed by atoms with Gasteiger partial charge in [-0.3, -0.25) is 0 Å². The van der Waals surface area contributed by atoms with Crippen molar-refractivity contribution < 1.29 is 17.5 Å². The smallest absolute Gasteiger partial charge is 0.160 e. The van der Waals surface area contributed by atoms with E-state index in [0.29, 0.717) is 0 Å². The van der Waals surface area contributed by atoms with Gasteiger partial charge in [0.05, 0.1) is 19.5 Å².